The zero-order valence-electron chi connectivity index (χ0n) is 17.2. The van der Waals surface area contributed by atoms with E-state index < -0.39 is 9.84 Å². The van der Waals surface area contributed by atoms with Crippen LogP contribution in [0.15, 0.2) is 76.9 Å². The van der Waals surface area contributed by atoms with Gasteiger partial charge in [-0.3, -0.25) is 4.68 Å². The predicted molar refractivity (Wildman–Crippen MR) is 119 cm³/mol. The number of guanidine groups is 1. The lowest BCUT2D eigenvalue weighted by molar-refractivity contribution is 0.602. The number of nitrogens with zero attached hydrogens (tertiary/aromatic N) is 3. The Morgan fingerprint density at radius 2 is 1.77 bits per heavy atom. The van der Waals surface area contributed by atoms with Gasteiger partial charge in [0.05, 0.1) is 18.0 Å². The zero-order chi connectivity index (χ0) is 21.4. The summed E-state index contributed by atoms with van der Waals surface area (Å²) in [6.07, 6.45) is 4.93. The Morgan fingerprint density at radius 1 is 1.03 bits per heavy atom. The summed E-state index contributed by atoms with van der Waals surface area (Å²) in [5.74, 6) is 0.707. The van der Waals surface area contributed by atoms with Crippen molar-refractivity contribution in [3.8, 4) is 0 Å². The van der Waals surface area contributed by atoms with Crippen molar-refractivity contribution in [2.24, 2.45) is 4.99 Å². The van der Waals surface area contributed by atoms with E-state index in [0.717, 1.165) is 12.1 Å². The molecule has 0 spiro atoms. The number of aliphatic imine (C=N–C) groups is 1. The van der Waals surface area contributed by atoms with Gasteiger partial charge < -0.3 is 10.6 Å². The largest absolute Gasteiger partial charge is 0.357 e. The Kier molecular flexibility index (Phi) is 7.24. The number of hydrogen-bond acceptors (Lipinski definition) is 4. The van der Waals surface area contributed by atoms with Crippen LogP contribution in [0, 0.1) is 0 Å². The second-order valence-electron chi connectivity index (χ2n) is 6.94. The van der Waals surface area contributed by atoms with Crippen LogP contribution in [0.5, 0.6) is 0 Å². The summed E-state index contributed by atoms with van der Waals surface area (Å²) in [5, 5.41) is 10.9. The van der Waals surface area contributed by atoms with Crippen molar-refractivity contribution in [1.82, 2.24) is 20.4 Å². The van der Waals surface area contributed by atoms with Gasteiger partial charge in [0.1, 0.15) is 0 Å². The molecule has 0 unspecified atom stereocenters. The molecule has 3 aromatic rings. The van der Waals surface area contributed by atoms with Gasteiger partial charge >= 0.3 is 0 Å². The number of sulfone groups is 1. The van der Waals surface area contributed by atoms with Crippen molar-refractivity contribution < 1.29 is 8.42 Å². The number of benzene rings is 2. The van der Waals surface area contributed by atoms with Crippen molar-refractivity contribution in [1.29, 1.82) is 0 Å². The van der Waals surface area contributed by atoms with Gasteiger partial charge in [-0.15, -0.1) is 0 Å². The highest BCUT2D eigenvalue weighted by Crippen LogP contribution is 2.12. The van der Waals surface area contributed by atoms with Gasteiger partial charge in [-0.2, -0.15) is 5.10 Å². The molecule has 8 heteroatoms. The summed E-state index contributed by atoms with van der Waals surface area (Å²) < 4.78 is 25.1. The molecule has 0 atom stereocenters. The molecule has 1 aromatic heterocycles. The fourth-order valence-electron chi connectivity index (χ4n) is 2.99. The molecular weight excluding hydrogens is 398 g/mol. The molecule has 0 saturated carbocycles. The normalized spacial score (nSPS) is 12.0. The Labute approximate surface area is 177 Å². The second-order valence-corrected chi connectivity index (χ2v) is 8.95. The topological polar surface area (TPSA) is 88.4 Å². The summed E-state index contributed by atoms with van der Waals surface area (Å²) in [6.45, 7) is 4.56. The number of nitrogens with one attached hydrogen (secondary N) is 2. The molecule has 7 nitrogen and oxygen atoms in total. The third kappa shape index (κ3) is 6.18. The van der Waals surface area contributed by atoms with E-state index in [1.807, 2.05) is 36.0 Å². The highest BCUT2D eigenvalue weighted by Gasteiger charge is 2.07. The summed E-state index contributed by atoms with van der Waals surface area (Å²) in [5.41, 5.74) is 3.32. The molecular formula is C22H27N5O2S. The average molecular weight is 426 g/mol. The first kappa shape index (κ1) is 21.6. The predicted octanol–water partition coefficient (Wildman–Crippen LogP) is 2.59. The fraction of sp³-hybridized carbons (Fsp3) is 0.273. The quantitative estimate of drug-likeness (QED) is 0.428. The smallest absolute Gasteiger partial charge is 0.191 e. The first-order valence-corrected chi connectivity index (χ1v) is 11.7. The molecule has 0 saturated heterocycles. The molecule has 0 aliphatic heterocycles. The molecule has 0 aliphatic rings. The zero-order valence-corrected chi connectivity index (χ0v) is 18.1. The van der Waals surface area contributed by atoms with Gasteiger partial charge in [0, 0.05) is 31.7 Å². The Morgan fingerprint density at radius 3 is 2.40 bits per heavy atom. The van der Waals surface area contributed by atoms with E-state index >= 15 is 0 Å². The van der Waals surface area contributed by atoms with E-state index in [9.17, 15) is 8.42 Å². The second kappa shape index (κ2) is 10.1. The first-order chi connectivity index (χ1) is 14.5. The number of aromatic nitrogens is 2. The van der Waals surface area contributed by atoms with Gasteiger partial charge in [0.15, 0.2) is 15.8 Å². The Balaban J connectivity index is 1.66. The van der Waals surface area contributed by atoms with Crippen LogP contribution in [0.1, 0.15) is 23.6 Å². The van der Waals surface area contributed by atoms with Crippen LogP contribution in [0.25, 0.3) is 0 Å². The maximum atomic E-state index is 11.6. The van der Waals surface area contributed by atoms with Gasteiger partial charge in [0.25, 0.3) is 0 Å². The van der Waals surface area contributed by atoms with E-state index in [1.165, 1.54) is 17.4 Å². The lowest BCUT2D eigenvalue weighted by atomic mass is 10.1. The van der Waals surface area contributed by atoms with Crippen LogP contribution in [-0.4, -0.2) is 37.0 Å². The Hall–Kier alpha value is -3.13. The van der Waals surface area contributed by atoms with Gasteiger partial charge in [0.2, 0.25) is 0 Å². The minimum absolute atomic E-state index is 0.314. The molecule has 30 heavy (non-hydrogen) atoms. The van der Waals surface area contributed by atoms with Crippen molar-refractivity contribution >= 4 is 15.8 Å². The van der Waals surface area contributed by atoms with Crippen LogP contribution < -0.4 is 10.6 Å². The van der Waals surface area contributed by atoms with Crippen LogP contribution in [0.3, 0.4) is 0 Å². The molecule has 2 N–H and O–H groups in total. The summed E-state index contributed by atoms with van der Waals surface area (Å²) in [7, 11) is -3.19. The van der Waals surface area contributed by atoms with Gasteiger partial charge in [-0.1, -0.05) is 36.4 Å². The number of rotatable bonds is 8. The monoisotopic (exact) mass is 425 g/mol. The molecule has 3 rings (SSSR count). The molecule has 0 amide bonds. The summed E-state index contributed by atoms with van der Waals surface area (Å²) in [4.78, 5) is 4.94. The number of hydrogen-bond donors (Lipinski definition) is 2. The van der Waals surface area contributed by atoms with Crippen LogP contribution in [0.2, 0.25) is 0 Å². The van der Waals surface area contributed by atoms with E-state index in [0.29, 0.717) is 30.5 Å². The van der Waals surface area contributed by atoms with Gasteiger partial charge in [-0.05, 0) is 41.8 Å². The van der Waals surface area contributed by atoms with Gasteiger partial charge in [-0.25, -0.2) is 13.4 Å². The van der Waals surface area contributed by atoms with E-state index in [-0.39, 0.29) is 0 Å². The van der Waals surface area contributed by atoms with Crippen molar-refractivity contribution in [3.05, 3.63) is 83.7 Å². The summed E-state index contributed by atoms with van der Waals surface area (Å²) >= 11 is 0. The maximum absolute atomic E-state index is 11.6. The minimum atomic E-state index is -3.19. The van der Waals surface area contributed by atoms with E-state index in [2.05, 4.69) is 32.9 Å². The van der Waals surface area contributed by atoms with E-state index in [1.54, 1.807) is 30.5 Å². The molecule has 2 aromatic carbocycles. The lowest BCUT2D eigenvalue weighted by Gasteiger charge is -2.14. The molecule has 0 radical (unpaired) electrons. The highest BCUT2D eigenvalue weighted by molar-refractivity contribution is 7.90. The standard InChI is InChI=1S/C22H27N5O2S/c1-3-23-22(24-15-18-9-11-21(12-10-18)30(2,28)29)25-16-19-7-4-5-8-20(19)17-27-14-6-13-26-27/h4-14H,3,15-17H2,1-2H3,(H2,23,24,25). The van der Waals surface area contributed by atoms with Crippen molar-refractivity contribution in [2.45, 2.75) is 31.5 Å². The fourth-order valence-corrected chi connectivity index (χ4v) is 3.62. The van der Waals surface area contributed by atoms with E-state index in [4.69, 9.17) is 0 Å². The average Bonchev–Trinajstić information content (AvgIpc) is 3.24. The maximum Gasteiger partial charge on any atom is 0.191 e. The van der Waals surface area contributed by atoms with Crippen LogP contribution in [-0.2, 0) is 29.5 Å². The van der Waals surface area contributed by atoms with Crippen LogP contribution >= 0.6 is 0 Å². The van der Waals surface area contributed by atoms with Crippen molar-refractivity contribution in [3.63, 3.8) is 0 Å². The van der Waals surface area contributed by atoms with Crippen molar-refractivity contribution in [2.75, 3.05) is 12.8 Å². The molecule has 0 bridgehead atoms. The third-order valence-electron chi connectivity index (χ3n) is 4.57. The Bertz CT molecular complexity index is 1070. The molecule has 0 fully saturated rings. The lowest BCUT2D eigenvalue weighted by Crippen LogP contribution is -2.37. The molecule has 0 aliphatic carbocycles. The highest BCUT2D eigenvalue weighted by atomic mass is 32.2. The first-order valence-electron chi connectivity index (χ1n) is 9.81. The van der Waals surface area contributed by atoms with Crippen LogP contribution in [0.4, 0.5) is 0 Å². The summed E-state index contributed by atoms with van der Waals surface area (Å²) in [6, 6.07) is 17.0. The minimum Gasteiger partial charge on any atom is -0.357 e. The SMILES string of the molecule is CCNC(=NCc1ccc(S(C)(=O)=O)cc1)NCc1ccccc1Cn1cccn1. The molecule has 1 heterocycles. The molecule has 158 valence electrons. The third-order valence-corrected chi connectivity index (χ3v) is 5.70.